The van der Waals surface area contributed by atoms with Gasteiger partial charge < -0.3 is 9.47 Å². The highest BCUT2D eigenvalue weighted by Gasteiger charge is 2.16. The molecule has 0 unspecified atom stereocenters. The maximum Gasteiger partial charge on any atom is 0.204 e. The van der Waals surface area contributed by atoms with Crippen molar-refractivity contribution in [3.05, 3.63) is 41.5 Å². The zero-order valence-electron chi connectivity index (χ0n) is 12.1. The summed E-state index contributed by atoms with van der Waals surface area (Å²) < 4.78 is 12.7. The van der Waals surface area contributed by atoms with Crippen molar-refractivity contribution in [2.24, 2.45) is 0 Å². The van der Waals surface area contributed by atoms with Crippen molar-refractivity contribution >= 4 is 0 Å². The molecule has 2 rings (SSSR count). The second-order valence-electron chi connectivity index (χ2n) is 4.35. The van der Waals surface area contributed by atoms with Crippen LogP contribution in [-0.2, 0) is 16.0 Å². The summed E-state index contributed by atoms with van der Waals surface area (Å²) in [5.41, 5.74) is 2.80. The molecule has 0 aliphatic rings. The minimum atomic E-state index is -0.455. The smallest absolute Gasteiger partial charge is 0.204 e. The minimum Gasteiger partial charge on any atom is -0.347 e. The first-order valence-corrected chi connectivity index (χ1v) is 6.78. The molecule has 0 aromatic carbocycles. The summed E-state index contributed by atoms with van der Waals surface area (Å²) in [5, 5.41) is 8.22. The van der Waals surface area contributed by atoms with Crippen LogP contribution in [0.1, 0.15) is 37.1 Å². The lowest BCUT2D eigenvalue weighted by molar-refractivity contribution is -0.142. The summed E-state index contributed by atoms with van der Waals surface area (Å²) >= 11 is 0. The first-order valence-electron chi connectivity index (χ1n) is 6.78. The predicted molar refractivity (Wildman–Crippen MR) is 74.1 cm³/mol. The van der Waals surface area contributed by atoms with E-state index in [9.17, 15) is 0 Å². The molecule has 0 saturated heterocycles. The Labute approximate surface area is 118 Å². The van der Waals surface area contributed by atoms with E-state index in [-0.39, 0.29) is 0 Å². The van der Waals surface area contributed by atoms with Gasteiger partial charge in [0.1, 0.15) is 5.69 Å². The average molecular weight is 276 g/mol. The Kier molecular flexibility index (Phi) is 5.20. The van der Waals surface area contributed by atoms with Gasteiger partial charge in [-0.2, -0.15) is 0 Å². The van der Waals surface area contributed by atoms with E-state index >= 15 is 0 Å². The summed E-state index contributed by atoms with van der Waals surface area (Å²) in [5.74, 6) is 0. The Morgan fingerprint density at radius 2 is 2.00 bits per heavy atom. The molecule has 0 radical (unpaired) electrons. The Morgan fingerprint density at radius 1 is 1.25 bits per heavy atom. The van der Waals surface area contributed by atoms with Crippen LogP contribution in [0, 0.1) is 6.92 Å². The first-order chi connectivity index (χ1) is 9.74. The van der Waals surface area contributed by atoms with E-state index < -0.39 is 6.29 Å². The van der Waals surface area contributed by atoms with Crippen LogP contribution in [0.2, 0.25) is 0 Å². The van der Waals surface area contributed by atoms with E-state index in [1.54, 1.807) is 10.9 Å². The molecular formula is C14H20N4O2. The van der Waals surface area contributed by atoms with Gasteiger partial charge in [-0.05, 0) is 32.4 Å². The van der Waals surface area contributed by atoms with Crippen LogP contribution >= 0.6 is 0 Å². The highest BCUT2D eigenvalue weighted by Crippen LogP contribution is 2.16. The second kappa shape index (κ2) is 7.12. The summed E-state index contributed by atoms with van der Waals surface area (Å²) in [6, 6.07) is 3.95. The van der Waals surface area contributed by atoms with Gasteiger partial charge in [0.2, 0.25) is 6.29 Å². The molecule has 0 N–H and O–H groups in total. The van der Waals surface area contributed by atoms with E-state index in [0.29, 0.717) is 25.5 Å². The fourth-order valence-electron chi connectivity index (χ4n) is 1.86. The minimum absolute atomic E-state index is 0.455. The lowest BCUT2D eigenvalue weighted by atomic mass is 10.2. The van der Waals surface area contributed by atoms with Gasteiger partial charge in [0, 0.05) is 19.4 Å². The number of nitrogens with zero attached hydrogens (tertiary/aromatic N) is 4. The van der Waals surface area contributed by atoms with Crippen LogP contribution in [0.3, 0.4) is 0 Å². The Hall–Kier alpha value is -1.79. The lowest BCUT2D eigenvalue weighted by Crippen LogP contribution is -2.09. The molecule has 6 heteroatoms. The summed E-state index contributed by atoms with van der Waals surface area (Å²) in [6.07, 6.45) is 3.16. The molecule has 0 spiro atoms. The molecule has 0 bridgehead atoms. The van der Waals surface area contributed by atoms with Crippen molar-refractivity contribution < 1.29 is 9.47 Å². The molecule has 0 aliphatic carbocycles. The van der Waals surface area contributed by atoms with Crippen molar-refractivity contribution in [2.75, 3.05) is 13.2 Å². The molecule has 0 fully saturated rings. The number of hydrogen-bond donors (Lipinski definition) is 0. The third kappa shape index (κ3) is 3.61. The fourth-order valence-corrected chi connectivity index (χ4v) is 1.86. The van der Waals surface area contributed by atoms with Crippen LogP contribution in [0.25, 0.3) is 0 Å². The molecule has 0 aliphatic heterocycles. The van der Waals surface area contributed by atoms with Crippen molar-refractivity contribution in [1.82, 2.24) is 20.0 Å². The number of aromatic nitrogens is 4. The van der Waals surface area contributed by atoms with Gasteiger partial charge in [-0.25, -0.2) is 4.68 Å². The predicted octanol–water partition coefficient (Wildman–Crippen LogP) is 2.10. The lowest BCUT2D eigenvalue weighted by Gasteiger charge is -2.13. The maximum atomic E-state index is 5.50. The Morgan fingerprint density at radius 3 is 2.65 bits per heavy atom. The number of hydrogen-bond acceptors (Lipinski definition) is 5. The first kappa shape index (κ1) is 14.6. The van der Waals surface area contributed by atoms with E-state index in [4.69, 9.17) is 9.47 Å². The molecule has 6 nitrogen and oxygen atoms in total. The molecular weight excluding hydrogens is 256 g/mol. The number of ether oxygens (including phenoxy) is 2. The van der Waals surface area contributed by atoms with Crippen molar-refractivity contribution in [2.45, 2.75) is 33.6 Å². The number of rotatable bonds is 7. The zero-order valence-corrected chi connectivity index (χ0v) is 12.1. The number of aryl methyl sites for hydroxylation is 1. The van der Waals surface area contributed by atoms with E-state index in [2.05, 4.69) is 15.3 Å². The molecule has 20 heavy (non-hydrogen) atoms. The van der Waals surface area contributed by atoms with Crippen molar-refractivity contribution in [3.8, 4) is 0 Å². The topological polar surface area (TPSA) is 62.1 Å². The zero-order chi connectivity index (χ0) is 14.4. The summed E-state index contributed by atoms with van der Waals surface area (Å²) in [6.45, 7) is 7.60. The molecule has 0 saturated carbocycles. The SMILES string of the molecule is CCOC(OCC)c1cn(Cc2ncccc2C)nn1. The molecule has 2 aromatic heterocycles. The fraction of sp³-hybridized carbons (Fsp3) is 0.500. The monoisotopic (exact) mass is 276 g/mol. The van der Waals surface area contributed by atoms with E-state index in [1.165, 1.54) is 0 Å². The quantitative estimate of drug-likeness (QED) is 0.725. The normalized spacial score (nSPS) is 11.2. The van der Waals surface area contributed by atoms with Crippen molar-refractivity contribution in [3.63, 3.8) is 0 Å². The second-order valence-corrected chi connectivity index (χ2v) is 4.35. The standard InChI is InChI=1S/C14H20N4O2/c1-4-19-14(20-5-2)13-10-18(17-16-13)9-12-11(3)7-6-8-15-12/h6-8,10,14H,4-5,9H2,1-3H3. The third-order valence-electron chi connectivity index (χ3n) is 2.86. The highest BCUT2D eigenvalue weighted by molar-refractivity contribution is 5.17. The van der Waals surface area contributed by atoms with Crippen LogP contribution in [-0.4, -0.2) is 33.2 Å². The Bertz CT molecular complexity index is 535. The van der Waals surface area contributed by atoms with E-state index in [1.807, 2.05) is 39.1 Å². The van der Waals surface area contributed by atoms with Gasteiger partial charge in [-0.3, -0.25) is 4.98 Å². The van der Waals surface area contributed by atoms with Gasteiger partial charge >= 0.3 is 0 Å². The Balaban J connectivity index is 2.10. The highest BCUT2D eigenvalue weighted by atomic mass is 16.7. The summed E-state index contributed by atoms with van der Waals surface area (Å²) in [7, 11) is 0. The largest absolute Gasteiger partial charge is 0.347 e. The average Bonchev–Trinajstić information content (AvgIpc) is 2.90. The van der Waals surface area contributed by atoms with Crippen LogP contribution in [0.4, 0.5) is 0 Å². The van der Waals surface area contributed by atoms with Gasteiger partial charge in [0.05, 0.1) is 18.4 Å². The van der Waals surface area contributed by atoms with Gasteiger partial charge in [-0.15, -0.1) is 5.10 Å². The molecule has 0 amide bonds. The molecule has 108 valence electrons. The maximum absolute atomic E-state index is 5.50. The molecule has 2 heterocycles. The summed E-state index contributed by atoms with van der Waals surface area (Å²) in [4.78, 5) is 4.35. The molecule has 2 aromatic rings. The van der Waals surface area contributed by atoms with Gasteiger partial charge in [0.25, 0.3) is 0 Å². The molecule has 0 atom stereocenters. The van der Waals surface area contributed by atoms with E-state index in [0.717, 1.165) is 11.3 Å². The van der Waals surface area contributed by atoms with Crippen LogP contribution in [0.15, 0.2) is 24.5 Å². The number of pyridine rings is 1. The van der Waals surface area contributed by atoms with Crippen LogP contribution in [0.5, 0.6) is 0 Å². The van der Waals surface area contributed by atoms with Gasteiger partial charge in [0.15, 0.2) is 0 Å². The van der Waals surface area contributed by atoms with Crippen LogP contribution < -0.4 is 0 Å². The third-order valence-corrected chi connectivity index (χ3v) is 2.86. The van der Waals surface area contributed by atoms with Gasteiger partial charge in [-0.1, -0.05) is 11.3 Å². The van der Waals surface area contributed by atoms with Crippen molar-refractivity contribution in [1.29, 1.82) is 0 Å².